The van der Waals surface area contributed by atoms with Crippen LogP contribution in [0.4, 0.5) is 14.6 Å². The Labute approximate surface area is 157 Å². The van der Waals surface area contributed by atoms with Gasteiger partial charge in [0.1, 0.15) is 23.3 Å². The molecule has 1 aromatic heterocycles. The number of hydrogen-bond acceptors (Lipinski definition) is 5. The summed E-state index contributed by atoms with van der Waals surface area (Å²) >= 11 is 0. The van der Waals surface area contributed by atoms with Crippen LogP contribution < -0.4 is 9.62 Å². The molecule has 0 radical (unpaired) electrons. The van der Waals surface area contributed by atoms with Gasteiger partial charge in [0.25, 0.3) is 0 Å². The molecule has 0 saturated carbocycles. The lowest BCUT2D eigenvalue weighted by molar-refractivity contribution is 0.568. The highest BCUT2D eigenvalue weighted by molar-refractivity contribution is 7.88. The molecule has 9 heteroatoms. The Morgan fingerprint density at radius 2 is 1.70 bits per heavy atom. The molecule has 6 nitrogen and oxygen atoms in total. The van der Waals surface area contributed by atoms with Crippen molar-refractivity contribution in [3.05, 3.63) is 53.0 Å². The molecule has 1 aromatic carbocycles. The Morgan fingerprint density at radius 3 is 2.37 bits per heavy atom. The zero-order valence-corrected chi connectivity index (χ0v) is 15.9. The molecule has 1 N–H and O–H groups in total. The van der Waals surface area contributed by atoms with Gasteiger partial charge in [-0.25, -0.2) is 31.9 Å². The first-order chi connectivity index (χ1) is 12.8. The second kappa shape index (κ2) is 8.26. The molecule has 1 aliphatic rings. The van der Waals surface area contributed by atoms with Gasteiger partial charge in [0.15, 0.2) is 0 Å². The van der Waals surface area contributed by atoms with Gasteiger partial charge in [0.2, 0.25) is 10.0 Å². The van der Waals surface area contributed by atoms with Crippen LogP contribution in [0.3, 0.4) is 0 Å². The van der Waals surface area contributed by atoms with E-state index in [2.05, 4.69) is 19.6 Å². The maximum absolute atomic E-state index is 13.2. The van der Waals surface area contributed by atoms with Gasteiger partial charge < -0.3 is 4.90 Å². The van der Waals surface area contributed by atoms with E-state index in [0.717, 1.165) is 49.6 Å². The van der Waals surface area contributed by atoms with E-state index in [-0.39, 0.29) is 12.1 Å². The lowest BCUT2D eigenvalue weighted by Gasteiger charge is -2.28. The molecule has 27 heavy (non-hydrogen) atoms. The van der Waals surface area contributed by atoms with Gasteiger partial charge in [0, 0.05) is 30.9 Å². The second-order valence-electron chi connectivity index (χ2n) is 6.69. The number of rotatable bonds is 6. The molecule has 2 aromatic rings. The van der Waals surface area contributed by atoms with Crippen molar-refractivity contribution in [3.63, 3.8) is 0 Å². The Bertz CT molecular complexity index is 895. The minimum atomic E-state index is -3.79. The summed E-state index contributed by atoms with van der Waals surface area (Å²) in [6, 6.07) is 4.59. The van der Waals surface area contributed by atoms with E-state index in [1.54, 1.807) is 0 Å². The first-order valence-corrected chi connectivity index (χ1v) is 10.5. The van der Waals surface area contributed by atoms with E-state index in [9.17, 15) is 17.2 Å². The van der Waals surface area contributed by atoms with Gasteiger partial charge in [0.05, 0.1) is 12.3 Å². The van der Waals surface area contributed by atoms with Crippen molar-refractivity contribution in [3.8, 4) is 0 Å². The highest BCUT2D eigenvalue weighted by atomic mass is 32.2. The molecule has 0 amide bonds. The molecule has 0 spiro atoms. The van der Waals surface area contributed by atoms with Crippen LogP contribution in [0, 0.1) is 18.6 Å². The molecular weight excluding hydrogens is 374 g/mol. The van der Waals surface area contributed by atoms with Crippen LogP contribution in [0.5, 0.6) is 0 Å². The van der Waals surface area contributed by atoms with Crippen molar-refractivity contribution in [2.24, 2.45) is 0 Å². The Morgan fingerprint density at radius 1 is 1.04 bits per heavy atom. The molecular formula is C18H22F2N4O2S. The Balaban J connectivity index is 1.68. The summed E-state index contributed by atoms with van der Waals surface area (Å²) in [5.41, 5.74) is 0.797. The maximum atomic E-state index is 13.2. The van der Waals surface area contributed by atoms with E-state index >= 15 is 0 Å². The van der Waals surface area contributed by atoms with Crippen molar-refractivity contribution in [2.75, 3.05) is 18.0 Å². The fourth-order valence-electron chi connectivity index (χ4n) is 3.12. The Hall–Kier alpha value is -2.13. The summed E-state index contributed by atoms with van der Waals surface area (Å²) in [7, 11) is -3.79. The summed E-state index contributed by atoms with van der Waals surface area (Å²) in [6.45, 7) is 3.60. The summed E-state index contributed by atoms with van der Waals surface area (Å²) in [5.74, 6) is -0.984. The SMILES string of the molecule is Cc1cc(N2CCCCC2)nc(CNS(=O)(=O)Cc2cc(F)cc(F)c2)n1. The lowest BCUT2D eigenvalue weighted by Crippen LogP contribution is -2.31. The zero-order valence-electron chi connectivity index (χ0n) is 15.1. The van der Waals surface area contributed by atoms with Gasteiger partial charge in [-0.2, -0.15) is 0 Å². The van der Waals surface area contributed by atoms with Crippen LogP contribution in [-0.2, 0) is 22.3 Å². The summed E-state index contributed by atoms with van der Waals surface area (Å²) < 4.78 is 53.4. The van der Waals surface area contributed by atoms with Crippen molar-refractivity contribution in [2.45, 2.75) is 38.5 Å². The molecule has 0 atom stereocenters. The minimum Gasteiger partial charge on any atom is -0.357 e. The highest BCUT2D eigenvalue weighted by Crippen LogP contribution is 2.18. The fourth-order valence-corrected chi connectivity index (χ4v) is 4.17. The van der Waals surface area contributed by atoms with Gasteiger partial charge in [-0.3, -0.25) is 0 Å². The van der Waals surface area contributed by atoms with Crippen LogP contribution >= 0.6 is 0 Å². The minimum absolute atomic E-state index is 0.0409. The summed E-state index contributed by atoms with van der Waals surface area (Å²) in [5, 5.41) is 0. The van der Waals surface area contributed by atoms with Crippen LogP contribution in [0.2, 0.25) is 0 Å². The molecule has 146 valence electrons. The topological polar surface area (TPSA) is 75.2 Å². The summed E-state index contributed by atoms with van der Waals surface area (Å²) in [4.78, 5) is 10.9. The molecule has 1 saturated heterocycles. The highest BCUT2D eigenvalue weighted by Gasteiger charge is 2.16. The van der Waals surface area contributed by atoms with Crippen LogP contribution in [0.1, 0.15) is 36.3 Å². The Kier molecular flexibility index (Phi) is 6.01. The molecule has 3 rings (SSSR count). The third-order valence-electron chi connectivity index (χ3n) is 4.30. The van der Waals surface area contributed by atoms with Crippen molar-refractivity contribution in [1.82, 2.24) is 14.7 Å². The molecule has 2 heterocycles. The third-order valence-corrected chi connectivity index (χ3v) is 5.59. The number of halogens is 2. The average Bonchev–Trinajstić information content (AvgIpc) is 2.59. The van der Waals surface area contributed by atoms with E-state index in [4.69, 9.17) is 0 Å². The number of nitrogens with one attached hydrogen (secondary N) is 1. The number of anilines is 1. The smallest absolute Gasteiger partial charge is 0.216 e. The van der Waals surface area contributed by atoms with E-state index < -0.39 is 27.4 Å². The fraction of sp³-hybridized carbons (Fsp3) is 0.444. The van der Waals surface area contributed by atoms with Crippen LogP contribution in [0.15, 0.2) is 24.3 Å². The number of benzene rings is 1. The van der Waals surface area contributed by atoms with Gasteiger partial charge >= 0.3 is 0 Å². The van der Waals surface area contributed by atoms with Crippen LogP contribution in [0.25, 0.3) is 0 Å². The first kappa shape index (κ1) is 19.6. The number of nitrogens with zero attached hydrogens (tertiary/aromatic N) is 3. The average molecular weight is 396 g/mol. The van der Waals surface area contributed by atoms with Gasteiger partial charge in [-0.1, -0.05) is 0 Å². The third kappa shape index (κ3) is 5.67. The summed E-state index contributed by atoms with van der Waals surface area (Å²) in [6.07, 6.45) is 3.41. The van der Waals surface area contributed by atoms with Crippen LogP contribution in [-0.4, -0.2) is 31.5 Å². The number of piperidine rings is 1. The maximum Gasteiger partial charge on any atom is 0.216 e. The number of hydrogen-bond donors (Lipinski definition) is 1. The van der Waals surface area contributed by atoms with E-state index in [0.29, 0.717) is 11.9 Å². The van der Waals surface area contributed by atoms with Crippen molar-refractivity contribution < 1.29 is 17.2 Å². The number of aryl methyl sites for hydroxylation is 1. The standard InChI is InChI=1S/C18H22F2N4O2S/c1-13-7-18(24-5-3-2-4-6-24)23-17(22-13)11-21-27(25,26)12-14-8-15(19)10-16(20)9-14/h7-10,21H,2-6,11-12H2,1H3. The molecule has 1 fully saturated rings. The molecule has 0 bridgehead atoms. The normalized spacial score (nSPS) is 15.1. The second-order valence-corrected chi connectivity index (χ2v) is 8.50. The van der Waals surface area contributed by atoms with Crippen molar-refractivity contribution in [1.29, 1.82) is 0 Å². The zero-order chi connectivity index (χ0) is 19.4. The van der Waals surface area contributed by atoms with E-state index in [1.807, 2.05) is 13.0 Å². The predicted octanol–water partition coefficient (Wildman–Crippen LogP) is 2.67. The largest absolute Gasteiger partial charge is 0.357 e. The lowest BCUT2D eigenvalue weighted by atomic mass is 10.1. The molecule has 0 aliphatic carbocycles. The number of aromatic nitrogens is 2. The van der Waals surface area contributed by atoms with Gasteiger partial charge in [-0.05, 0) is 43.9 Å². The van der Waals surface area contributed by atoms with Gasteiger partial charge in [-0.15, -0.1) is 0 Å². The van der Waals surface area contributed by atoms with Crippen molar-refractivity contribution >= 4 is 15.8 Å². The van der Waals surface area contributed by atoms with E-state index in [1.165, 1.54) is 6.42 Å². The molecule has 0 unspecified atom stereocenters. The monoisotopic (exact) mass is 396 g/mol. The first-order valence-electron chi connectivity index (χ1n) is 8.82. The number of sulfonamides is 1. The predicted molar refractivity (Wildman–Crippen MR) is 98.7 cm³/mol. The quantitative estimate of drug-likeness (QED) is 0.813. The molecule has 1 aliphatic heterocycles.